The van der Waals surface area contributed by atoms with E-state index in [-0.39, 0.29) is 16.7 Å². The van der Waals surface area contributed by atoms with Crippen LogP contribution in [0, 0.1) is 5.92 Å². The summed E-state index contributed by atoms with van der Waals surface area (Å²) >= 11 is 0. The van der Waals surface area contributed by atoms with Gasteiger partial charge in [-0.3, -0.25) is 9.59 Å². The van der Waals surface area contributed by atoms with Gasteiger partial charge in [-0.05, 0) is 53.8 Å². The molecule has 4 rings (SSSR count). The molecule has 2 N–H and O–H groups in total. The van der Waals surface area contributed by atoms with Gasteiger partial charge in [-0.2, -0.15) is 4.72 Å². The molecule has 8 nitrogen and oxygen atoms in total. The Hall–Kier alpha value is -3.95. The van der Waals surface area contributed by atoms with Crippen LogP contribution in [0.3, 0.4) is 0 Å². The zero-order valence-corrected chi connectivity index (χ0v) is 22.5. The van der Waals surface area contributed by atoms with E-state index in [9.17, 15) is 18.0 Å². The van der Waals surface area contributed by atoms with E-state index in [1.54, 1.807) is 38.1 Å². The van der Waals surface area contributed by atoms with Crippen LogP contribution in [0.15, 0.2) is 82.1 Å². The van der Waals surface area contributed by atoms with Crippen molar-refractivity contribution >= 4 is 38.6 Å². The number of esters is 1. The van der Waals surface area contributed by atoms with Crippen LogP contribution in [-0.4, -0.2) is 33.4 Å². The number of rotatable bonds is 9. The second kappa shape index (κ2) is 11.2. The first kappa shape index (κ1) is 27.1. The fourth-order valence-electron chi connectivity index (χ4n) is 4.21. The van der Waals surface area contributed by atoms with Gasteiger partial charge in [-0.25, -0.2) is 8.42 Å². The molecule has 0 bridgehead atoms. The molecule has 0 saturated carbocycles. The van der Waals surface area contributed by atoms with Crippen LogP contribution in [0.2, 0.25) is 0 Å². The number of ether oxygens (including phenoxy) is 1. The Bertz CT molecular complexity index is 1560. The number of hydrogen-bond donors (Lipinski definition) is 2. The van der Waals surface area contributed by atoms with E-state index in [1.807, 2.05) is 43.3 Å². The average molecular weight is 535 g/mol. The number of anilines is 1. The molecule has 1 heterocycles. The third kappa shape index (κ3) is 5.64. The number of benzene rings is 3. The minimum absolute atomic E-state index is 0.0391. The van der Waals surface area contributed by atoms with Crippen molar-refractivity contribution in [3.05, 3.63) is 84.1 Å². The first-order valence-corrected chi connectivity index (χ1v) is 13.7. The summed E-state index contributed by atoms with van der Waals surface area (Å²) < 4.78 is 38.6. The fourth-order valence-corrected chi connectivity index (χ4v) is 5.55. The first-order chi connectivity index (χ1) is 18.1. The van der Waals surface area contributed by atoms with E-state index in [0.717, 1.165) is 22.1 Å². The lowest BCUT2D eigenvalue weighted by Gasteiger charge is -2.19. The Kier molecular flexibility index (Phi) is 7.99. The fraction of sp³-hybridized carbons (Fsp3) is 0.241. The van der Waals surface area contributed by atoms with Crippen LogP contribution in [-0.2, 0) is 26.0 Å². The highest BCUT2D eigenvalue weighted by Crippen LogP contribution is 2.28. The lowest BCUT2D eigenvalue weighted by atomic mass is 10.1. The number of para-hydroxylation sites is 1. The summed E-state index contributed by atoms with van der Waals surface area (Å²) in [5, 5.41) is 3.82. The van der Waals surface area contributed by atoms with Gasteiger partial charge in [0.05, 0.1) is 12.0 Å². The molecule has 0 aliphatic rings. The van der Waals surface area contributed by atoms with Gasteiger partial charge in [0.2, 0.25) is 10.0 Å². The van der Waals surface area contributed by atoms with E-state index >= 15 is 0 Å². The number of amides is 1. The minimum atomic E-state index is -3.93. The second-order valence-corrected chi connectivity index (χ2v) is 10.9. The smallest absolute Gasteiger partial charge is 0.324 e. The molecule has 0 spiro atoms. The average Bonchev–Trinajstić information content (AvgIpc) is 3.30. The molecule has 0 fully saturated rings. The van der Waals surface area contributed by atoms with E-state index in [4.69, 9.17) is 9.15 Å². The summed E-state index contributed by atoms with van der Waals surface area (Å²) in [6.07, 6.45) is 0.667. The first-order valence-electron chi connectivity index (χ1n) is 12.3. The summed E-state index contributed by atoms with van der Waals surface area (Å²) in [6.45, 7) is 5.45. The Balaban J connectivity index is 1.48. The standard InChI is InChI=1S/C29H30N2O6S/c1-5-23-24-8-6-7-9-25(24)37-27(23)28(32)30-21-14-10-19(11-15-21)20-12-16-22(17-13-20)38(34,35)31-26(18(2)3)29(33)36-4/h6-18,26,31H,5H2,1-4H3,(H,30,32). The number of carbonyl (C=O) groups excluding carboxylic acids is 2. The summed E-state index contributed by atoms with van der Waals surface area (Å²) in [5.41, 5.74) is 3.78. The van der Waals surface area contributed by atoms with Crippen molar-refractivity contribution < 1.29 is 27.2 Å². The van der Waals surface area contributed by atoms with Gasteiger partial charge in [-0.1, -0.05) is 63.2 Å². The zero-order chi connectivity index (χ0) is 27.4. The number of furan rings is 1. The van der Waals surface area contributed by atoms with Crippen LogP contribution < -0.4 is 10.0 Å². The van der Waals surface area contributed by atoms with Gasteiger partial charge in [-0.15, -0.1) is 0 Å². The molecule has 0 saturated heterocycles. The molecule has 198 valence electrons. The van der Waals surface area contributed by atoms with Crippen molar-refractivity contribution in [3.63, 3.8) is 0 Å². The van der Waals surface area contributed by atoms with Crippen molar-refractivity contribution in [2.45, 2.75) is 38.1 Å². The van der Waals surface area contributed by atoms with E-state index < -0.39 is 22.0 Å². The van der Waals surface area contributed by atoms with Gasteiger partial charge in [0.1, 0.15) is 11.6 Å². The molecule has 3 aromatic carbocycles. The van der Waals surface area contributed by atoms with Crippen LogP contribution >= 0.6 is 0 Å². The molecule has 1 aromatic heterocycles. The van der Waals surface area contributed by atoms with Gasteiger partial charge in [0.25, 0.3) is 5.91 Å². The van der Waals surface area contributed by atoms with Crippen molar-refractivity contribution in [2.75, 3.05) is 12.4 Å². The highest BCUT2D eigenvalue weighted by molar-refractivity contribution is 7.89. The maximum Gasteiger partial charge on any atom is 0.324 e. The molecule has 9 heteroatoms. The van der Waals surface area contributed by atoms with Crippen molar-refractivity contribution in [1.82, 2.24) is 4.72 Å². The highest BCUT2D eigenvalue weighted by atomic mass is 32.2. The van der Waals surface area contributed by atoms with Crippen LogP contribution in [0.1, 0.15) is 36.9 Å². The molecule has 38 heavy (non-hydrogen) atoms. The number of carbonyl (C=O) groups is 2. The van der Waals surface area contributed by atoms with Crippen molar-refractivity contribution in [3.8, 4) is 11.1 Å². The molecule has 0 aliphatic heterocycles. The number of hydrogen-bond acceptors (Lipinski definition) is 6. The molecule has 4 aromatic rings. The third-order valence-electron chi connectivity index (χ3n) is 6.30. The van der Waals surface area contributed by atoms with Gasteiger partial charge < -0.3 is 14.5 Å². The zero-order valence-electron chi connectivity index (χ0n) is 21.6. The molecule has 1 atom stereocenters. The Morgan fingerprint density at radius 3 is 2.11 bits per heavy atom. The number of methoxy groups -OCH3 is 1. The van der Waals surface area contributed by atoms with Gasteiger partial charge >= 0.3 is 5.97 Å². The van der Waals surface area contributed by atoms with Crippen LogP contribution in [0.4, 0.5) is 5.69 Å². The van der Waals surface area contributed by atoms with Crippen molar-refractivity contribution in [1.29, 1.82) is 0 Å². The van der Waals surface area contributed by atoms with Crippen molar-refractivity contribution in [2.24, 2.45) is 5.92 Å². The maximum atomic E-state index is 12.9. The Labute approximate surface area is 222 Å². The van der Waals surface area contributed by atoms with Crippen LogP contribution in [0.25, 0.3) is 22.1 Å². The summed E-state index contributed by atoms with van der Waals surface area (Å²) in [5.74, 6) is -0.941. The van der Waals surface area contributed by atoms with Gasteiger partial charge in [0.15, 0.2) is 5.76 Å². The second-order valence-electron chi connectivity index (χ2n) is 9.18. The number of fused-ring (bicyclic) bond motifs is 1. The molecular formula is C29H30N2O6S. The molecule has 1 amide bonds. The third-order valence-corrected chi connectivity index (χ3v) is 7.76. The minimum Gasteiger partial charge on any atom is -0.468 e. The lowest BCUT2D eigenvalue weighted by molar-refractivity contribution is -0.143. The highest BCUT2D eigenvalue weighted by Gasteiger charge is 2.29. The van der Waals surface area contributed by atoms with E-state index in [0.29, 0.717) is 23.5 Å². The van der Waals surface area contributed by atoms with E-state index in [2.05, 4.69) is 10.0 Å². The molecule has 0 radical (unpaired) electrons. The van der Waals surface area contributed by atoms with Gasteiger partial charge in [0, 0.05) is 16.6 Å². The number of sulfonamides is 1. The Morgan fingerprint density at radius 1 is 0.921 bits per heavy atom. The normalized spacial score (nSPS) is 12.4. The SMILES string of the molecule is CCc1c(C(=O)Nc2ccc(-c3ccc(S(=O)(=O)NC(C(=O)OC)C(C)C)cc3)cc2)oc2ccccc12. The molecular weight excluding hydrogens is 504 g/mol. The molecule has 1 unspecified atom stereocenters. The predicted molar refractivity (Wildman–Crippen MR) is 146 cm³/mol. The quantitative estimate of drug-likeness (QED) is 0.278. The molecule has 0 aliphatic carbocycles. The van der Waals surface area contributed by atoms with Crippen LogP contribution in [0.5, 0.6) is 0 Å². The maximum absolute atomic E-state index is 12.9. The monoisotopic (exact) mass is 534 g/mol. The summed E-state index contributed by atoms with van der Waals surface area (Å²) in [7, 11) is -2.71. The lowest BCUT2D eigenvalue weighted by Crippen LogP contribution is -2.44. The Morgan fingerprint density at radius 2 is 1.53 bits per heavy atom. The van der Waals surface area contributed by atoms with E-state index in [1.165, 1.54) is 19.2 Å². The summed E-state index contributed by atoms with van der Waals surface area (Å²) in [6, 6.07) is 20.1. The number of aryl methyl sites for hydroxylation is 1. The largest absolute Gasteiger partial charge is 0.468 e. The summed E-state index contributed by atoms with van der Waals surface area (Å²) in [4.78, 5) is 24.9. The number of nitrogens with one attached hydrogen (secondary N) is 2. The topological polar surface area (TPSA) is 115 Å². The predicted octanol–water partition coefficient (Wildman–Crippen LogP) is 5.39.